The highest BCUT2D eigenvalue weighted by Crippen LogP contribution is 2.20. The molecule has 142 valence electrons. The van der Waals surface area contributed by atoms with Crippen molar-refractivity contribution in [3.8, 4) is 5.75 Å². The number of amides is 1. The van der Waals surface area contributed by atoms with Gasteiger partial charge in [0.05, 0.1) is 25.3 Å². The number of nitrogens with one attached hydrogen (secondary N) is 2. The number of esters is 1. The fourth-order valence-electron chi connectivity index (χ4n) is 2.46. The van der Waals surface area contributed by atoms with Gasteiger partial charge < -0.3 is 20.1 Å². The Hall–Kier alpha value is -3.87. The summed E-state index contributed by atoms with van der Waals surface area (Å²) in [6.07, 6.45) is 1.49. The molecule has 3 aromatic rings. The van der Waals surface area contributed by atoms with Crippen LogP contribution in [0.3, 0.4) is 0 Å². The van der Waals surface area contributed by atoms with E-state index in [4.69, 9.17) is 4.74 Å². The number of carbonyl (C=O) groups is 2. The Morgan fingerprint density at radius 3 is 2.29 bits per heavy atom. The van der Waals surface area contributed by atoms with E-state index in [1.54, 1.807) is 43.5 Å². The molecule has 0 aliphatic heterocycles. The molecule has 1 heterocycles. The topological polar surface area (TPSA) is 89.5 Å². The van der Waals surface area contributed by atoms with Crippen molar-refractivity contribution in [1.29, 1.82) is 0 Å². The SMILES string of the molecule is COC(=O)c1ccc(NC(=O)c2ccc(Nc3cccc(OC)c3)nc2)cc1. The second-order valence-electron chi connectivity index (χ2n) is 5.81. The number of carbonyl (C=O) groups excluding carboxylic acids is 2. The van der Waals surface area contributed by atoms with Crippen LogP contribution < -0.4 is 15.4 Å². The maximum absolute atomic E-state index is 12.4. The fraction of sp³-hybridized carbons (Fsp3) is 0.0952. The first-order valence-electron chi connectivity index (χ1n) is 8.46. The Balaban J connectivity index is 1.64. The van der Waals surface area contributed by atoms with E-state index in [9.17, 15) is 9.59 Å². The van der Waals surface area contributed by atoms with E-state index in [2.05, 4.69) is 20.4 Å². The molecular formula is C21H19N3O4. The van der Waals surface area contributed by atoms with Crippen LogP contribution in [0.4, 0.5) is 17.2 Å². The lowest BCUT2D eigenvalue weighted by atomic mass is 10.2. The molecule has 3 rings (SSSR count). The molecule has 0 unspecified atom stereocenters. The van der Waals surface area contributed by atoms with Crippen molar-refractivity contribution in [2.45, 2.75) is 0 Å². The highest BCUT2D eigenvalue weighted by molar-refractivity contribution is 6.04. The van der Waals surface area contributed by atoms with Crippen molar-refractivity contribution in [3.05, 3.63) is 78.0 Å². The summed E-state index contributed by atoms with van der Waals surface area (Å²) in [4.78, 5) is 28.1. The number of rotatable bonds is 6. The first-order chi connectivity index (χ1) is 13.6. The standard InChI is InChI=1S/C21H19N3O4/c1-27-18-5-3-4-17(12-18)23-19-11-8-15(13-22-19)20(25)24-16-9-6-14(7-10-16)21(26)28-2/h3-13H,1-2H3,(H,22,23)(H,24,25). The first-order valence-corrected chi connectivity index (χ1v) is 8.46. The number of hydrogen-bond acceptors (Lipinski definition) is 6. The molecule has 2 aromatic carbocycles. The van der Waals surface area contributed by atoms with Crippen LogP contribution in [0, 0.1) is 0 Å². The molecule has 0 atom stereocenters. The molecule has 0 radical (unpaired) electrons. The molecular weight excluding hydrogens is 358 g/mol. The number of nitrogens with zero attached hydrogens (tertiary/aromatic N) is 1. The van der Waals surface area contributed by atoms with Gasteiger partial charge in [-0.2, -0.15) is 0 Å². The minimum atomic E-state index is -0.429. The average molecular weight is 377 g/mol. The maximum atomic E-state index is 12.4. The highest BCUT2D eigenvalue weighted by atomic mass is 16.5. The summed E-state index contributed by atoms with van der Waals surface area (Å²) >= 11 is 0. The summed E-state index contributed by atoms with van der Waals surface area (Å²) in [5.74, 6) is 0.610. The number of benzene rings is 2. The largest absolute Gasteiger partial charge is 0.497 e. The van der Waals surface area contributed by atoms with E-state index in [1.165, 1.54) is 13.3 Å². The van der Waals surface area contributed by atoms with Gasteiger partial charge in [0.15, 0.2) is 0 Å². The molecule has 0 saturated heterocycles. The minimum Gasteiger partial charge on any atom is -0.497 e. The van der Waals surface area contributed by atoms with Crippen LogP contribution in [-0.4, -0.2) is 31.1 Å². The average Bonchev–Trinajstić information content (AvgIpc) is 2.74. The first kappa shape index (κ1) is 18.9. The van der Waals surface area contributed by atoms with Gasteiger partial charge in [0, 0.05) is 23.6 Å². The number of ether oxygens (including phenoxy) is 2. The van der Waals surface area contributed by atoms with Gasteiger partial charge in [-0.25, -0.2) is 9.78 Å². The summed E-state index contributed by atoms with van der Waals surface area (Å²) in [6.45, 7) is 0. The van der Waals surface area contributed by atoms with Crippen LogP contribution in [0.5, 0.6) is 5.75 Å². The van der Waals surface area contributed by atoms with Crippen molar-refractivity contribution in [1.82, 2.24) is 4.98 Å². The van der Waals surface area contributed by atoms with E-state index in [1.807, 2.05) is 24.3 Å². The number of anilines is 3. The smallest absolute Gasteiger partial charge is 0.337 e. The summed E-state index contributed by atoms with van der Waals surface area (Å²) in [5, 5.41) is 5.91. The van der Waals surface area contributed by atoms with Crippen LogP contribution in [0.1, 0.15) is 20.7 Å². The van der Waals surface area contributed by atoms with Gasteiger partial charge in [-0.15, -0.1) is 0 Å². The van der Waals surface area contributed by atoms with E-state index < -0.39 is 5.97 Å². The predicted octanol–water partition coefficient (Wildman–Crippen LogP) is 3.87. The van der Waals surface area contributed by atoms with Crippen LogP contribution in [-0.2, 0) is 4.74 Å². The second-order valence-corrected chi connectivity index (χ2v) is 5.81. The number of pyridine rings is 1. The third kappa shape index (κ3) is 4.64. The van der Waals surface area contributed by atoms with E-state index in [0.29, 0.717) is 22.6 Å². The van der Waals surface area contributed by atoms with Gasteiger partial charge in [0.25, 0.3) is 5.91 Å². The van der Waals surface area contributed by atoms with Crippen molar-refractivity contribution >= 4 is 29.1 Å². The molecule has 0 aliphatic carbocycles. The normalized spacial score (nSPS) is 10.1. The maximum Gasteiger partial charge on any atom is 0.337 e. The van der Waals surface area contributed by atoms with Crippen molar-refractivity contribution < 1.29 is 19.1 Å². The van der Waals surface area contributed by atoms with Gasteiger partial charge in [-0.1, -0.05) is 6.07 Å². The van der Waals surface area contributed by atoms with Crippen molar-refractivity contribution in [2.24, 2.45) is 0 Å². The summed E-state index contributed by atoms with van der Waals surface area (Å²) in [7, 11) is 2.92. The van der Waals surface area contributed by atoms with Crippen molar-refractivity contribution in [2.75, 3.05) is 24.9 Å². The third-order valence-electron chi connectivity index (χ3n) is 3.93. The van der Waals surface area contributed by atoms with Gasteiger partial charge in [-0.3, -0.25) is 4.79 Å². The van der Waals surface area contributed by atoms with Crippen LogP contribution >= 0.6 is 0 Å². The molecule has 0 aliphatic rings. The minimum absolute atomic E-state index is 0.300. The van der Waals surface area contributed by atoms with E-state index in [-0.39, 0.29) is 5.91 Å². The number of methoxy groups -OCH3 is 2. The van der Waals surface area contributed by atoms with Crippen LogP contribution in [0.15, 0.2) is 66.9 Å². The van der Waals surface area contributed by atoms with Gasteiger partial charge in [-0.05, 0) is 48.5 Å². The lowest BCUT2D eigenvalue weighted by Gasteiger charge is -2.09. The van der Waals surface area contributed by atoms with Crippen LogP contribution in [0.2, 0.25) is 0 Å². The summed E-state index contributed by atoms with van der Waals surface area (Å²) in [6, 6.07) is 17.3. The van der Waals surface area contributed by atoms with Gasteiger partial charge >= 0.3 is 5.97 Å². The molecule has 28 heavy (non-hydrogen) atoms. The lowest BCUT2D eigenvalue weighted by molar-refractivity contribution is 0.0600. The monoisotopic (exact) mass is 377 g/mol. The molecule has 0 fully saturated rings. The molecule has 0 saturated carbocycles. The zero-order valence-electron chi connectivity index (χ0n) is 15.4. The zero-order valence-corrected chi connectivity index (χ0v) is 15.4. The fourth-order valence-corrected chi connectivity index (χ4v) is 2.46. The van der Waals surface area contributed by atoms with Gasteiger partial charge in [0.2, 0.25) is 0 Å². The molecule has 7 nitrogen and oxygen atoms in total. The Morgan fingerprint density at radius 1 is 0.893 bits per heavy atom. The second kappa shape index (κ2) is 8.68. The molecule has 1 amide bonds. The van der Waals surface area contributed by atoms with E-state index >= 15 is 0 Å². The van der Waals surface area contributed by atoms with Crippen molar-refractivity contribution in [3.63, 3.8) is 0 Å². The zero-order chi connectivity index (χ0) is 19.9. The molecule has 2 N–H and O–H groups in total. The van der Waals surface area contributed by atoms with Gasteiger partial charge in [0.1, 0.15) is 11.6 Å². The Labute approximate surface area is 162 Å². The number of aromatic nitrogens is 1. The Kier molecular flexibility index (Phi) is 5.86. The lowest BCUT2D eigenvalue weighted by Crippen LogP contribution is -2.12. The summed E-state index contributed by atoms with van der Waals surface area (Å²) in [5.41, 5.74) is 2.22. The molecule has 0 spiro atoms. The van der Waals surface area contributed by atoms with Crippen LogP contribution in [0.25, 0.3) is 0 Å². The molecule has 1 aromatic heterocycles. The third-order valence-corrected chi connectivity index (χ3v) is 3.93. The Bertz CT molecular complexity index is 970. The summed E-state index contributed by atoms with van der Waals surface area (Å²) < 4.78 is 9.83. The quantitative estimate of drug-likeness (QED) is 0.634. The number of hydrogen-bond donors (Lipinski definition) is 2. The van der Waals surface area contributed by atoms with E-state index in [0.717, 1.165) is 11.4 Å². The highest BCUT2D eigenvalue weighted by Gasteiger charge is 2.09. The molecule has 7 heteroatoms. The Morgan fingerprint density at radius 2 is 1.64 bits per heavy atom. The molecule has 0 bridgehead atoms. The predicted molar refractivity (Wildman–Crippen MR) is 106 cm³/mol.